The maximum Gasteiger partial charge on any atom is 0.335 e. The van der Waals surface area contributed by atoms with E-state index in [1.807, 2.05) is 6.07 Å². The molecule has 1 N–H and O–H groups in total. The molecule has 0 atom stereocenters. The van der Waals surface area contributed by atoms with E-state index in [9.17, 15) is 9.90 Å². The predicted octanol–water partition coefficient (Wildman–Crippen LogP) is 5.97. The lowest BCUT2D eigenvalue weighted by Crippen LogP contribution is -2.03. The number of hydrogen-bond donors (Lipinski definition) is 1. The van der Waals surface area contributed by atoms with Crippen LogP contribution in [0.5, 0.6) is 0 Å². The average molecular weight is 342 g/mol. The Morgan fingerprint density at radius 1 is 0.962 bits per heavy atom. The standard InChI is InChI=1S/C24H22O2/c1-2-3-7-16-14-18(12-13-21(16)24(25)26)20-10-6-11-22-19-9-5-4-8-17(19)15-23(20)22/h4-6,8-14H,2-3,7,15H2,1H3,(H,25,26). The van der Waals surface area contributed by atoms with Gasteiger partial charge in [0.2, 0.25) is 0 Å². The molecule has 0 unspecified atom stereocenters. The van der Waals surface area contributed by atoms with Crippen LogP contribution in [0.3, 0.4) is 0 Å². The van der Waals surface area contributed by atoms with E-state index in [4.69, 9.17) is 0 Å². The first kappa shape index (κ1) is 16.6. The molecule has 4 rings (SSSR count). The highest BCUT2D eigenvalue weighted by atomic mass is 16.4. The Morgan fingerprint density at radius 2 is 1.73 bits per heavy atom. The van der Waals surface area contributed by atoms with E-state index in [0.717, 1.165) is 36.8 Å². The number of carboxylic acid groups (broad SMARTS) is 1. The van der Waals surface area contributed by atoms with Crippen molar-refractivity contribution in [3.05, 3.63) is 82.9 Å². The summed E-state index contributed by atoms with van der Waals surface area (Å²) in [6.45, 7) is 2.13. The van der Waals surface area contributed by atoms with E-state index in [0.29, 0.717) is 5.56 Å². The molecule has 0 saturated carbocycles. The molecule has 0 heterocycles. The molecule has 130 valence electrons. The molecule has 0 aliphatic heterocycles. The lowest BCUT2D eigenvalue weighted by atomic mass is 9.92. The second kappa shape index (κ2) is 6.80. The van der Waals surface area contributed by atoms with Gasteiger partial charge in [0, 0.05) is 0 Å². The number of carboxylic acids is 1. The normalized spacial score (nSPS) is 11.9. The molecule has 2 nitrogen and oxygen atoms in total. The van der Waals surface area contributed by atoms with Crippen molar-refractivity contribution in [3.8, 4) is 22.3 Å². The van der Waals surface area contributed by atoms with E-state index in [2.05, 4.69) is 55.5 Å². The van der Waals surface area contributed by atoms with Gasteiger partial charge in [-0.1, -0.05) is 67.9 Å². The van der Waals surface area contributed by atoms with Crippen molar-refractivity contribution in [1.82, 2.24) is 0 Å². The van der Waals surface area contributed by atoms with E-state index >= 15 is 0 Å². The molecule has 1 aliphatic rings. The van der Waals surface area contributed by atoms with Crippen LogP contribution in [0.2, 0.25) is 0 Å². The summed E-state index contributed by atoms with van der Waals surface area (Å²) in [6, 6.07) is 20.8. The number of aromatic carboxylic acids is 1. The zero-order chi connectivity index (χ0) is 18.1. The van der Waals surface area contributed by atoms with Crippen molar-refractivity contribution in [2.75, 3.05) is 0 Å². The van der Waals surface area contributed by atoms with Crippen LogP contribution in [0.1, 0.15) is 46.8 Å². The lowest BCUT2D eigenvalue weighted by Gasteiger charge is -2.12. The Morgan fingerprint density at radius 3 is 2.54 bits per heavy atom. The molecule has 0 bridgehead atoms. The third kappa shape index (κ3) is 2.82. The summed E-state index contributed by atoms with van der Waals surface area (Å²) < 4.78 is 0. The summed E-state index contributed by atoms with van der Waals surface area (Å²) in [5.74, 6) is -0.839. The van der Waals surface area contributed by atoms with Crippen molar-refractivity contribution >= 4 is 5.97 Å². The minimum Gasteiger partial charge on any atom is -0.478 e. The maximum atomic E-state index is 11.6. The quantitative estimate of drug-likeness (QED) is 0.485. The summed E-state index contributed by atoms with van der Waals surface area (Å²) in [6.07, 6.45) is 3.80. The van der Waals surface area contributed by atoms with Crippen LogP contribution in [-0.2, 0) is 12.8 Å². The zero-order valence-corrected chi connectivity index (χ0v) is 15.0. The Bertz CT molecular complexity index is 985. The van der Waals surface area contributed by atoms with Gasteiger partial charge in [0.25, 0.3) is 0 Å². The van der Waals surface area contributed by atoms with E-state index in [-0.39, 0.29) is 0 Å². The number of carbonyl (C=O) groups is 1. The summed E-state index contributed by atoms with van der Waals surface area (Å²) in [5, 5.41) is 9.50. The van der Waals surface area contributed by atoms with Crippen LogP contribution in [0.4, 0.5) is 0 Å². The Kier molecular flexibility index (Phi) is 4.34. The van der Waals surface area contributed by atoms with E-state index in [1.54, 1.807) is 6.07 Å². The van der Waals surface area contributed by atoms with Crippen molar-refractivity contribution in [2.24, 2.45) is 0 Å². The van der Waals surface area contributed by atoms with Gasteiger partial charge in [0.1, 0.15) is 0 Å². The summed E-state index contributed by atoms with van der Waals surface area (Å²) in [7, 11) is 0. The van der Waals surface area contributed by atoms with Gasteiger partial charge >= 0.3 is 5.97 Å². The van der Waals surface area contributed by atoms with E-state index < -0.39 is 5.97 Å². The van der Waals surface area contributed by atoms with Gasteiger partial charge in [0.05, 0.1) is 5.56 Å². The number of fused-ring (bicyclic) bond motifs is 3. The van der Waals surface area contributed by atoms with Crippen LogP contribution >= 0.6 is 0 Å². The lowest BCUT2D eigenvalue weighted by molar-refractivity contribution is 0.0695. The van der Waals surface area contributed by atoms with Crippen molar-refractivity contribution < 1.29 is 9.90 Å². The first-order valence-corrected chi connectivity index (χ1v) is 9.25. The third-order valence-electron chi connectivity index (χ3n) is 5.30. The molecule has 0 saturated heterocycles. The molecular formula is C24H22O2. The van der Waals surface area contributed by atoms with Gasteiger partial charge in [-0.2, -0.15) is 0 Å². The first-order chi connectivity index (χ1) is 12.7. The van der Waals surface area contributed by atoms with Crippen molar-refractivity contribution in [3.63, 3.8) is 0 Å². The zero-order valence-electron chi connectivity index (χ0n) is 15.0. The second-order valence-electron chi connectivity index (χ2n) is 6.95. The second-order valence-corrected chi connectivity index (χ2v) is 6.95. The third-order valence-corrected chi connectivity index (χ3v) is 5.30. The van der Waals surface area contributed by atoms with Crippen LogP contribution in [-0.4, -0.2) is 11.1 Å². The number of unbranched alkanes of at least 4 members (excludes halogenated alkanes) is 1. The highest BCUT2D eigenvalue weighted by molar-refractivity contribution is 5.91. The van der Waals surface area contributed by atoms with Crippen LogP contribution < -0.4 is 0 Å². The highest BCUT2D eigenvalue weighted by Crippen LogP contribution is 2.41. The Hall–Kier alpha value is -2.87. The molecule has 2 heteroatoms. The van der Waals surface area contributed by atoms with Crippen LogP contribution in [0.15, 0.2) is 60.7 Å². The number of hydrogen-bond acceptors (Lipinski definition) is 1. The first-order valence-electron chi connectivity index (χ1n) is 9.25. The molecule has 3 aromatic rings. The van der Waals surface area contributed by atoms with Gasteiger partial charge in [-0.25, -0.2) is 4.79 Å². The van der Waals surface area contributed by atoms with Crippen LogP contribution in [0.25, 0.3) is 22.3 Å². The average Bonchev–Trinajstić information content (AvgIpc) is 3.04. The minimum atomic E-state index is -0.839. The molecule has 0 spiro atoms. The molecular weight excluding hydrogens is 320 g/mol. The number of benzene rings is 3. The van der Waals surface area contributed by atoms with Gasteiger partial charge in [-0.3, -0.25) is 0 Å². The molecule has 0 radical (unpaired) electrons. The summed E-state index contributed by atoms with van der Waals surface area (Å²) in [5.41, 5.74) is 9.02. The monoisotopic (exact) mass is 342 g/mol. The van der Waals surface area contributed by atoms with E-state index in [1.165, 1.54) is 27.8 Å². The molecule has 1 aliphatic carbocycles. The summed E-state index contributed by atoms with van der Waals surface area (Å²) >= 11 is 0. The molecule has 26 heavy (non-hydrogen) atoms. The predicted molar refractivity (Wildman–Crippen MR) is 106 cm³/mol. The fraction of sp³-hybridized carbons (Fsp3) is 0.208. The molecule has 0 amide bonds. The van der Waals surface area contributed by atoms with Crippen molar-refractivity contribution in [1.29, 1.82) is 0 Å². The smallest absolute Gasteiger partial charge is 0.335 e. The fourth-order valence-electron chi connectivity index (χ4n) is 3.97. The largest absolute Gasteiger partial charge is 0.478 e. The molecule has 0 aromatic heterocycles. The number of rotatable bonds is 5. The van der Waals surface area contributed by atoms with Gasteiger partial charge in [0.15, 0.2) is 0 Å². The fourth-order valence-corrected chi connectivity index (χ4v) is 3.97. The van der Waals surface area contributed by atoms with Gasteiger partial charge in [-0.15, -0.1) is 0 Å². The Labute approximate surface area is 154 Å². The Balaban J connectivity index is 1.81. The van der Waals surface area contributed by atoms with Gasteiger partial charge < -0.3 is 5.11 Å². The minimum absolute atomic E-state index is 0.429. The maximum absolute atomic E-state index is 11.6. The van der Waals surface area contributed by atoms with Gasteiger partial charge in [-0.05, 0) is 64.3 Å². The highest BCUT2D eigenvalue weighted by Gasteiger charge is 2.21. The summed E-state index contributed by atoms with van der Waals surface area (Å²) in [4.78, 5) is 11.6. The van der Waals surface area contributed by atoms with Crippen molar-refractivity contribution in [2.45, 2.75) is 32.6 Å². The SMILES string of the molecule is CCCCc1cc(-c2cccc3c2Cc2ccccc2-3)ccc1C(=O)O. The number of aryl methyl sites for hydroxylation is 1. The molecule has 3 aromatic carbocycles. The van der Waals surface area contributed by atoms with Crippen LogP contribution in [0, 0.1) is 0 Å². The molecule has 0 fully saturated rings. The topological polar surface area (TPSA) is 37.3 Å².